The number of nitrogens with one attached hydrogen (secondary N) is 2. The highest BCUT2D eigenvalue weighted by Gasteiger charge is 2.38. The van der Waals surface area contributed by atoms with E-state index in [4.69, 9.17) is 9.47 Å². The van der Waals surface area contributed by atoms with Crippen LogP contribution in [0, 0.1) is 5.92 Å². The van der Waals surface area contributed by atoms with E-state index in [1.807, 2.05) is 57.0 Å². The van der Waals surface area contributed by atoms with Crippen LogP contribution in [0.1, 0.15) is 58.9 Å². The van der Waals surface area contributed by atoms with E-state index in [9.17, 15) is 9.59 Å². The molecule has 6 rings (SSSR count). The van der Waals surface area contributed by atoms with Gasteiger partial charge >= 0.3 is 0 Å². The fourth-order valence-electron chi connectivity index (χ4n) is 6.57. The molecule has 1 saturated carbocycles. The van der Waals surface area contributed by atoms with E-state index in [1.54, 1.807) is 6.20 Å². The summed E-state index contributed by atoms with van der Waals surface area (Å²) in [4.78, 5) is 33.7. The van der Waals surface area contributed by atoms with Gasteiger partial charge in [-0.25, -0.2) is 0 Å². The molecule has 0 bridgehead atoms. The first kappa shape index (κ1) is 34.6. The molecule has 2 N–H and O–H groups in total. The maximum Gasteiger partial charge on any atom is 0.266 e. The van der Waals surface area contributed by atoms with Gasteiger partial charge in [0.25, 0.3) is 5.91 Å². The SMILES string of the molecule is CC(C)Oc1cc(-c2cn[nH]c2)ccc1CN(C(=O)C1CCCN(c2cccc(OC(C)(C)C(=O)N3CCNCC3)c2)C1)C1CC1.Cl. The summed E-state index contributed by atoms with van der Waals surface area (Å²) in [5, 5.41) is 10.3. The molecular weight excluding hydrogens is 616 g/mol. The fourth-order valence-corrected chi connectivity index (χ4v) is 6.57. The van der Waals surface area contributed by atoms with Gasteiger partial charge in [0.2, 0.25) is 5.91 Å². The number of H-pyrrole nitrogens is 1. The van der Waals surface area contributed by atoms with Crippen LogP contribution < -0.4 is 19.7 Å². The number of aromatic amines is 1. The van der Waals surface area contributed by atoms with Crippen LogP contribution in [-0.2, 0) is 16.1 Å². The van der Waals surface area contributed by atoms with E-state index in [0.717, 1.165) is 73.4 Å². The average molecular weight is 665 g/mol. The quantitative estimate of drug-likeness (QED) is 0.288. The Morgan fingerprint density at radius 2 is 1.83 bits per heavy atom. The number of anilines is 1. The monoisotopic (exact) mass is 664 g/mol. The lowest BCUT2D eigenvalue weighted by atomic mass is 9.95. The fraction of sp³-hybridized carbons (Fsp3) is 0.528. The number of ether oxygens (including phenoxy) is 2. The Hall–Kier alpha value is -3.76. The number of carbonyl (C=O) groups is 2. The van der Waals surface area contributed by atoms with Crippen molar-refractivity contribution in [2.45, 2.75) is 77.7 Å². The van der Waals surface area contributed by atoms with Gasteiger partial charge in [-0.2, -0.15) is 5.10 Å². The van der Waals surface area contributed by atoms with Gasteiger partial charge in [0.05, 0.1) is 18.2 Å². The van der Waals surface area contributed by atoms with Gasteiger partial charge in [-0.1, -0.05) is 18.2 Å². The lowest BCUT2D eigenvalue weighted by Gasteiger charge is -2.37. The van der Waals surface area contributed by atoms with E-state index in [0.29, 0.717) is 31.9 Å². The molecule has 11 heteroatoms. The second-order valence-corrected chi connectivity index (χ2v) is 13.6. The summed E-state index contributed by atoms with van der Waals surface area (Å²) in [6.07, 6.45) is 7.58. The van der Waals surface area contributed by atoms with Gasteiger partial charge in [0, 0.05) is 80.9 Å². The van der Waals surface area contributed by atoms with Crippen LogP contribution in [0.3, 0.4) is 0 Å². The van der Waals surface area contributed by atoms with Crippen molar-refractivity contribution in [2.75, 3.05) is 44.2 Å². The van der Waals surface area contributed by atoms with Crippen molar-refractivity contribution in [1.82, 2.24) is 25.3 Å². The summed E-state index contributed by atoms with van der Waals surface area (Å²) in [5.74, 6) is 1.60. The second-order valence-electron chi connectivity index (χ2n) is 13.6. The molecule has 3 aromatic rings. The molecule has 254 valence electrons. The first-order valence-corrected chi connectivity index (χ1v) is 16.8. The number of nitrogens with zero attached hydrogens (tertiary/aromatic N) is 4. The van der Waals surface area contributed by atoms with Crippen molar-refractivity contribution in [3.05, 3.63) is 60.4 Å². The molecule has 47 heavy (non-hydrogen) atoms. The van der Waals surface area contributed by atoms with Crippen molar-refractivity contribution in [3.63, 3.8) is 0 Å². The van der Waals surface area contributed by atoms with Crippen molar-refractivity contribution in [3.8, 4) is 22.6 Å². The number of piperidine rings is 1. The zero-order chi connectivity index (χ0) is 32.3. The maximum absolute atomic E-state index is 14.2. The Labute approximate surface area is 284 Å². The van der Waals surface area contributed by atoms with Crippen molar-refractivity contribution in [2.24, 2.45) is 5.92 Å². The van der Waals surface area contributed by atoms with Crippen LogP contribution in [0.2, 0.25) is 0 Å². The van der Waals surface area contributed by atoms with Gasteiger partial charge in [-0.15, -0.1) is 12.4 Å². The lowest BCUT2D eigenvalue weighted by molar-refractivity contribution is -0.146. The minimum atomic E-state index is -0.976. The highest BCUT2D eigenvalue weighted by atomic mass is 35.5. The number of benzene rings is 2. The number of amides is 2. The third kappa shape index (κ3) is 8.40. The summed E-state index contributed by atoms with van der Waals surface area (Å²) in [5.41, 5.74) is 3.10. The first-order chi connectivity index (χ1) is 22.2. The largest absolute Gasteiger partial charge is 0.491 e. The molecule has 2 saturated heterocycles. The molecule has 2 aromatic carbocycles. The van der Waals surface area contributed by atoms with Gasteiger partial charge in [0.1, 0.15) is 11.5 Å². The Bertz CT molecular complexity index is 1500. The smallest absolute Gasteiger partial charge is 0.266 e. The number of carbonyl (C=O) groups excluding carboxylic acids is 2. The molecule has 3 heterocycles. The number of hydrogen-bond acceptors (Lipinski definition) is 7. The van der Waals surface area contributed by atoms with Gasteiger partial charge in [-0.05, 0) is 77.1 Å². The zero-order valence-electron chi connectivity index (χ0n) is 28.0. The number of hydrogen-bond donors (Lipinski definition) is 2. The zero-order valence-corrected chi connectivity index (χ0v) is 28.9. The van der Waals surface area contributed by atoms with E-state index in [1.165, 1.54) is 0 Å². The summed E-state index contributed by atoms with van der Waals surface area (Å²) in [7, 11) is 0. The topological polar surface area (TPSA) is 103 Å². The molecule has 1 aromatic heterocycles. The molecule has 1 unspecified atom stereocenters. The van der Waals surface area contributed by atoms with Crippen LogP contribution in [-0.4, -0.2) is 88.8 Å². The Kier molecular flexibility index (Phi) is 11.0. The van der Waals surface area contributed by atoms with Gasteiger partial charge in [0.15, 0.2) is 5.60 Å². The first-order valence-electron chi connectivity index (χ1n) is 16.8. The molecule has 3 fully saturated rings. The number of aromatic nitrogens is 2. The van der Waals surface area contributed by atoms with Crippen molar-refractivity contribution < 1.29 is 19.1 Å². The highest BCUT2D eigenvalue weighted by molar-refractivity contribution is 5.85. The second kappa shape index (κ2) is 15.0. The van der Waals surface area contributed by atoms with Gasteiger partial charge < -0.3 is 29.5 Å². The Morgan fingerprint density at radius 1 is 1.04 bits per heavy atom. The molecule has 0 spiro atoms. The summed E-state index contributed by atoms with van der Waals surface area (Å²) < 4.78 is 12.6. The van der Waals surface area contributed by atoms with Crippen molar-refractivity contribution >= 4 is 29.9 Å². The van der Waals surface area contributed by atoms with E-state index in [-0.39, 0.29) is 42.3 Å². The molecule has 1 aliphatic carbocycles. The summed E-state index contributed by atoms with van der Waals surface area (Å²) in [6, 6.07) is 14.5. The minimum absolute atomic E-state index is 0. The van der Waals surface area contributed by atoms with Crippen LogP contribution in [0.4, 0.5) is 5.69 Å². The minimum Gasteiger partial charge on any atom is -0.491 e. The molecule has 10 nitrogen and oxygen atoms in total. The normalized spacial score (nSPS) is 18.4. The molecule has 2 aliphatic heterocycles. The molecule has 2 amide bonds. The number of rotatable bonds is 11. The van der Waals surface area contributed by atoms with Crippen LogP contribution in [0.15, 0.2) is 54.9 Å². The van der Waals surface area contributed by atoms with Crippen LogP contribution in [0.5, 0.6) is 11.5 Å². The predicted molar refractivity (Wildman–Crippen MR) is 186 cm³/mol. The molecule has 0 radical (unpaired) electrons. The lowest BCUT2D eigenvalue weighted by Crippen LogP contribution is -2.54. The van der Waals surface area contributed by atoms with Crippen molar-refractivity contribution in [1.29, 1.82) is 0 Å². The maximum atomic E-state index is 14.2. The molecule has 3 aliphatic rings. The molecular formula is C36H49ClN6O4. The number of piperazine rings is 1. The Balaban J connectivity index is 0.00000433. The average Bonchev–Trinajstić information content (AvgIpc) is 3.75. The molecule has 1 atom stereocenters. The van der Waals surface area contributed by atoms with Gasteiger partial charge in [-0.3, -0.25) is 14.7 Å². The highest BCUT2D eigenvalue weighted by Crippen LogP contribution is 2.36. The third-order valence-corrected chi connectivity index (χ3v) is 9.12. The van der Waals surface area contributed by atoms with Crippen LogP contribution in [0.25, 0.3) is 11.1 Å². The summed E-state index contributed by atoms with van der Waals surface area (Å²) >= 11 is 0. The van der Waals surface area contributed by atoms with Crippen LogP contribution >= 0.6 is 12.4 Å². The van der Waals surface area contributed by atoms with E-state index in [2.05, 4.69) is 49.6 Å². The number of halogens is 1. The summed E-state index contributed by atoms with van der Waals surface area (Å²) in [6.45, 7) is 12.8. The standard InChI is InChI=1S/C36H48N6O4.ClH/c1-25(2)45-33-19-26(29-21-38-39-22-29)10-11-27(33)24-42(30-12-13-30)34(43)28-7-6-16-41(23-28)31-8-5-9-32(20-31)46-36(3,4)35(44)40-17-14-37-15-18-40;/h5,8-11,19-22,25,28,30,37H,6-7,12-18,23-24H2,1-4H3,(H,38,39);1H. The Morgan fingerprint density at radius 3 is 2.53 bits per heavy atom. The predicted octanol–water partition coefficient (Wildman–Crippen LogP) is 5.28. The van der Waals surface area contributed by atoms with E-state index >= 15 is 0 Å². The third-order valence-electron chi connectivity index (χ3n) is 9.12. The van der Waals surface area contributed by atoms with E-state index < -0.39 is 5.60 Å².